The Morgan fingerprint density at radius 1 is 1.21 bits per heavy atom. The van der Waals surface area contributed by atoms with E-state index < -0.39 is 21.7 Å². The number of benzene rings is 1. The second-order valence-corrected chi connectivity index (χ2v) is 8.55. The Morgan fingerprint density at radius 2 is 1.79 bits per heavy atom. The van der Waals surface area contributed by atoms with Crippen molar-refractivity contribution in [3.8, 4) is 0 Å². The third-order valence-electron chi connectivity index (χ3n) is 2.87. The van der Waals surface area contributed by atoms with Crippen molar-refractivity contribution in [2.45, 2.75) is 45.9 Å². The average molecular weight is 357 g/mol. The number of hydrogen-bond acceptors (Lipinski definition) is 5. The lowest BCUT2D eigenvalue weighted by Crippen LogP contribution is -2.40. The first-order valence-electron chi connectivity index (χ1n) is 7.71. The highest BCUT2D eigenvalue weighted by atomic mass is 32.2. The van der Waals surface area contributed by atoms with Crippen LogP contribution in [0.25, 0.3) is 0 Å². The molecule has 3 N–H and O–H groups in total. The van der Waals surface area contributed by atoms with E-state index in [9.17, 15) is 13.2 Å². The maximum Gasteiger partial charge on any atom is 0.407 e. The number of sulfonamides is 1. The number of amides is 1. The Hall–Kier alpha value is -1.80. The van der Waals surface area contributed by atoms with E-state index in [-0.39, 0.29) is 12.6 Å². The van der Waals surface area contributed by atoms with Gasteiger partial charge in [0, 0.05) is 24.8 Å². The van der Waals surface area contributed by atoms with E-state index in [1.54, 1.807) is 0 Å². The predicted molar refractivity (Wildman–Crippen MR) is 95.4 cm³/mol. The minimum atomic E-state index is -3.20. The predicted octanol–water partition coefficient (Wildman–Crippen LogP) is 2.06. The fourth-order valence-corrected chi connectivity index (χ4v) is 2.21. The quantitative estimate of drug-likeness (QED) is 0.694. The molecule has 7 nitrogen and oxygen atoms in total. The summed E-state index contributed by atoms with van der Waals surface area (Å²) in [5, 5.41) is 5.96. The number of carbonyl (C=O) groups excluding carboxylic acids is 1. The first kappa shape index (κ1) is 20.2. The lowest BCUT2D eigenvalue weighted by Gasteiger charge is -2.22. The molecule has 0 fully saturated rings. The molecule has 0 heterocycles. The maximum absolute atomic E-state index is 11.7. The monoisotopic (exact) mass is 357 g/mol. The van der Waals surface area contributed by atoms with Crippen molar-refractivity contribution >= 4 is 21.8 Å². The van der Waals surface area contributed by atoms with E-state index >= 15 is 0 Å². The van der Waals surface area contributed by atoms with Gasteiger partial charge in [-0.15, -0.1) is 0 Å². The molecule has 1 atom stereocenters. The summed E-state index contributed by atoms with van der Waals surface area (Å²) in [6, 6.07) is 7.30. The summed E-state index contributed by atoms with van der Waals surface area (Å²) in [4.78, 5) is 11.7. The van der Waals surface area contributed by atoms with Crippen molar-refractivity contribution < 1.29 is 17.9 Å². The van der Waals surface area contributed by atoms with Gasteiger partial charge in [0.1, 0.15) is 5.60 Å². The summed E-state index contributed by atoms with van der Waals surface area (Å²) in [7, 11) is -3.20. The smallest absolute Gasteiger partial charge is 0.407 e. The lowest BCUT2D eigenvalue weighted by molar-refractivity contribution is 0.0511. The van der Waals surface area contributed by atoms with E-state index in [1.807, 2.05) is 52.0 Å². The van der Waals surface area contributed by atoms with Crippen molar-refractivity contribution in [3.05, 3.63) is 29.8 Å². The van der Waals surface area contributed by atoms with Crippen LogP contribution in [0.2, 0.25) is 0 Å². The molecule has 0 bridgehead atoms. The minimum absolute atomic E-state index is 0.105. The normalized spacial score (nSPS) is 13.2. The zero-order valence-electron chi connectivity index (χ0n) is 14.8. The van der Waals surface area contributed by atoms with Crippen LogP contribution in [0.3, 0.4) is 0 Å². The van der Waals surface area contributed by atoms with Gasteiger partial charge in [0.25, 0.3) is 0 Å². The molecule has 1 amide bonds. The van der Waals surface area contributed by atoms with Gasteiger partial charge in [-0.1, -0.05) is 12.1 Å². The number of nitrogens with one attached hydrogen (secondary N) is 3. The molecule has 1 aromatic rings. The van der Waals surface area contributed by atoms with Gasteiger partial charge in [-0.25, -0.2) is 17.9 Å². The fourth-order valence-electron chi connectivity index (χ4n) is 1.79. The van der Waals surface area contributed by atoms with Gasteiger partial charge in [0.2, 0.25) is 10.0 Å². The maximum atomic E-state index is 11.7. The van der Waals surface area contributed by atoms with Gasteiger partial charge in [-0.05, 0) is 45.4 Å². The highest BCUT2D eigenvalue weighted by Gasteiger charge is 2.17. The van der Waals surface area contributed by atoms with Gasteiger partial charge in [-0.2, -0.15) is 0 Å². The summed E-state index contributed by atoms with van der Waals surface area (Å²) in [6.07, 6.45) is 0.682. The number of carbonyl (C=O) groups is 1. The molecule has 0 aliphatic heterocycles. The largest absolute Gasteiger partial charge is 0.444 e. The van der Waals surface area contributed by atoms with Gasteiger partial charge in [0.15, 0.2) is 0 Å². The number of anilines is 1. The second kappa shape index (κ2) is 8.34. The molecular formula is C16H27N3O4S. The molecule has 8 heteroatoms. The molecule has 24 heavy (non-hydrogen) atoms. The number of rotatable bonds is 7. The zero-order chi connectivity index (χ0) is 18.4. The summed E-state index contributed by atoms with van der Waals surface area (Å²) < 4.78 is 29.7. The molecule has 0 saturated heterocycles. The van der Waals surface area contributed by atoms with Gasteiger partial charge < -0.3 is 15.4 Å². The Kier molecular flexibility index (Phi) is 7.04. The van der Waals surface area contributed by atoms with Gasteiger partial charge in [0.05, 0.1) is 6.26 Å². The topological polar surface area (TPSA) is 96.5 Å². The number of alkyl carbamates (subject to hydrolysis) is 1. The van der Waals surface area contributed by atoms with E-state index in [0.29, 0.717) is 6.54 Å². The molecule has 0 saturated carbocycles. The second-order valence-electron chi connectivity index (χ2n) is 6.72. The van der Waals surface area contributed by atoms with Crippen LogP contribution in [-0.2, 0) is 21.3 Å². The van der Waals surface area contributed by atoms with Crippen molar-refractivity contribution in [3.63, 3.8) is 0 Å². The van der Waals surface area contributed by atoms with Crippen LogP contribution in [-0.4, -0.2) is 39.0 Å². The molecule has 136 valence electrons. The minimum Gasteiger partial charge on any atom is -0.444 e. The highest BCUT2D eigenvalue weighted by Crippen LogP contribution is 2.10. The van der Waals surface area contributed by atoms with Crippen LogP contribution < -0.4 is 15.4 Å². The third kappa shape index (κ3) is 9.36. The molecule has 0 aliphatic carbocycles. The fraction of sp³-hybridized carbons (Fsp3) is 0.562. The van der Waals surface area contributed by atoms with Crippen molar-refractivity contribution in [2.24, 2.45) is 0 Å². The molecule has 0 spiro atoms. The number of ether oxygens (including phenoxy) is 1. The summed E-state index contributed by atoms with van der Waals surface area (Å²) in [5.41, 5.74) is 1.23. The summed E-state index contributed by atoms with van der Waals surface area (Å²) in [6.45, 7) is 8.12. The Labute approximate surface area is 144 Å². The molecular weight excluding hydrogens is 330 g/mol. The van der Waals surface area contributed by atoms with Crippen LogP contribution in [0.15, 0.2) is 24.3 Å². The Balaban J connectivity index is 2.40. The highest BCUT2D eigenvalue weighted by molar-refractivity contribution is 7.88. The lowest BCUT2D eigenvalue weighted by atomic mass is 10.2. The molecule has 0 radical (unpaired) electrons. The molecule has 0 aromatic heterocycles. The molecule has 0 aliphatic rings. The van der Waals surface area contributed by atoms with Crippen LogP contribution >= 0.6 is 0 Å². The number of hydrogen-bond donors (Lipinski definition) is 3. The molecule has 1 rings (SSSR count). The van der Waals surface area contributed by atoms with Crippen molar-refractivity contribution in [2.75, 3.05) is 18.1 Å². The van der Waals surface area contributed by atoms with E-state index in [0.717, 1.165) is 17.5 Å². The standard InChI is InChI=1S/C16H27N3O4S/c1-12(19-15(20)23-16(2,3)4)10-17-14-8-6-13(7-9-14)11-18-24(5,21)22/h6-9,12,17-18H,10-11H2,1-5H3,(H,19,20). The average Bonchev–Trinajstić information content (AvgIpc) is 2.41. The van der Waals surface area contributed by atoms with Crippen LogP contribution in [0.5, 0.6) is 0 Å². The summed E-state index contributed by atoms with van der Waals surface area (Å²) >= 11 is 0. The molecule has 1 aromatic carbocycles. The van der Waals surface area contributed by atoms with E-state index in [1.165, 1.54) is 0 Å². The summed E-state index contributed by atoms with van der Waals surface area (Å²) in [5.74, 6) is 0. The molecule has 1 unspecified atom stereocenters. The van der Waals surface area contributed by atoms with E-state index in [2.05, 4.69) is 15.4 Å². The first-order chi connectivity index (χ1) is 10.9. The van der Waals surface area contributed by atoms with Gasteiger partial charge in [-0.3, -0.25) is 0 Å². The zero-order valence-corrected chi connectivity index (χ0v) is 15.7. The third-order valence-corrected chi connectivity index (χ3v) is 3.54. The van der Waals surface area contributed by atoms with Crippen molar-refractivity contribution in [1.82, 2.24) is 10.0 Å². The SMILES string of the molecule is CC(CNc1ccc(CNS(C)(=O)=O)cc1)NC(=O)OC(C)(C)C. The van der Waals surface area contributed by atoms with E-state index in [4.69, 9.17) is 4.74 Å². The van der Waals surface area contributed by atoms with Crippen LogP contribution in [0.1, 0.15) is 33.3 Å². The van der Waals surface area contributed by atoms with Crippen LogP contribution in [0.4, 0.5) is 10.5 Å². The Bertz CT molecular complexity index is 636. The first-order valence-corrected chi connectivity index (χ1v) is 9.61. The Morgan fingerprint density at radius 3 is 2.29 bits per heavy atom. The van der Waals surface area contributed by atoms with Crippen molar-refractivity contribution in [1.29, 1.82) is 0 Å². The van der Waals surface area contributed by atoms with Crippen LogP contribution in [0, 0.1) is 0 Å². The van der Waals surface area contributed by atoms with Gasteiger partial charge >= 0.3 is 6.09 Å².